The summed E-state index contributed by atoms with van der Waals surface area (Å²) in [6.45, 7) is 1.42. The van der Waals surface area contributed by atoms with Crippen LogP contribution in [0.1, 0.15) is 25.6 Å². The summed E-state index contributed by atoms with van der Waals surface area (Å²) in [6.07, 6.45) is -0.583. The number of aromatic amines is 1. The first-order valence-corrected chi connectivity index (χ1v) is 10.7. The Morgan fingerprint density at radius 3 is 2.82 bits per heavy atom. The number of nitrogens with one attached hydrogen (secondary N) is 2. The van der Waals surface area contributed by atoms with Gasteiger partial charge in [0.1, 0.15) is 5.82 Å². The number of nitrogens with zero attached hydrogens (tertiary/aromatic N) is 1. The van der Waals surface area contributed by atoms with Crippen molar-refractivity contribution >= 4 is 32.6 Å². The average molecular weight is 407 g/mol. The maximum Gasteiger partial charge on any atom is 0.307 e. The van der Waals surface area contributed by atoms with Crippen LogP contribution in [-0.4, -0.2) is 53.9 Å². The lowest BCUT2D eigenvalue weighted by Crippen LogP contribution is -2.42. The van der Waals surface area contributed by atoms with Crippen LogP contribution in [0.4, 0.5) is 0 Å². The number of benzene rings is 1. The summed E-state index contributed by atoms with van der Waals surface area (Å²) in [4.78, 5) is 43.0. The summed E-state index contributed by atoms with van der Waals surface area (Å²) >= 11 is 0. The first-order valence-electron chi connectivity index (χ1n) is 8.92. The van der Waals surface area contributed by atoms with Gasteiger partial charge in [-0.25, -0.2) is 13.4 Å². The van der Waals surface area contributed by atoms with Crippen molar-refractivity contribution in [2.24, 2.45) is 0 Å². The number of H-pyrrole nitrogens is 1. The van der Waals surface area contributed by atoms with Crippen LogP contribution in [0.5, 0.6) is 0 Å². The summed E-state index contributed by atoms with van der Waals surface area (Å²) in [5.74, 6) is -0.845. The van der Waals surface area contributed by atoms with E-state index >= 15 is 0 Å². The van der Waals surface area contributed by atoms with Gasteiger partial charge in [-0.15, -0.1) is 0 Å². The minimum absolute atomic E-state index is 0.0447. The zero-order valence-corrected chi connectivity index (χ0v) is 16.1. The van der Waals surface area contributed by atoms with Gasteiger partial charge >= 0.3 is 5.97 Å². The molecule has 0 bridgehead atoms. The van der Waals surface area contributed by atoms with Crippen LogP contribution < -0.4 is 10.9 Å². The van der Waals surface area contributed by atoms with Crippen LogP contribution in [0.2, 0.25) is 0 Å². The Balaban J connectivity index is 1.51. The van der Waals surface area contributed by atoms with Crippen molar-refractivity contribution in [2.75, 3.05) is 11.5 Å². The molecule has 1 amide bonds. The lowest BCUT2D eigenvalue weighted by atomic mass is 10.2. The maximum atomic E-state index is 12.1. The SMILES string of the molecule is C[C@H](OC(=O)CCc1nc2ccccc2c(=O)[nH]1)C(=O)N[C@H]1CCS(=O)(=O)C1. The molecule has 10 heteroatoms. The quantitative estimate of drug-likeness (QED) is 0.648. The summed E-state index contributed by atoms with van der Waals surface area (Å²) < 4.78 is 27.9. The Bertz CT molecular complexity index is 1060. The fraction of sp³-hybridized carbons (Fsp3) is 0.444. The smallest absolute Gasteiger partial charge is 0.307 e. The Morgan fingerprint density at radius 2 is 2.11 bits per heavy atom. The van der Waals surface area contributed by atoms with E-state index in [1.165, 1.54) is 6.92 Å². The lowest BCUT2D eigenvalue weighted by Gasteiger charge is -2.16. The highest BCUT2D eigenvalue weighted by molar-refractivity contribution is 7.91. The maximum absolute atomic E-state index is 12.1. The van der Waals surface area contributed by atoms with Gasteiger partial charge in [0.15, 0.2) is 15.9 Å². The minimum atomic E-state index is -3.11. The Kier molecular flexibility index (Phi) is 5.78. The van der Waals surface area contributed by atoms with Crippen molar-refractivity contribution in [1.82, 2.24) is 15.3 Å². The second-order valence-electron chi connectivity index (χ2n) is 6.77. The fourth-order valence-corrected chi connectivity index (χ4v) is 4.68. The third kappa shape index (κ3) is 4.94. The van der Waals surface area contributed by atoms with E-state index in [2.05, 4.69) is 15.3 Å². The number of esters is 1. The number of carbonyl (C=O) groups excluding carboxylic acids is 2. The second-order valence-corrected chi connectivity index (χ2v) is 9.00. The van der Waals surface area contributed by atoms with Crippen LogP contribution in [0.25, 0.3) is 10.9 Å². The molecule has 3 rings (SSSR count). The van der Waals surface area contributed by atoms with Crippen molar-refractivity contribution in [2.45, 2.75) is 38.3 Å². The number of aromatic nitrogens is 2. The molecule has 0 aliphatic carbocycles. The van der Waals surface area contributed by atoms with E-state index in [-0.39, 0.29) is 29.9 Å². The van der Waals surface area contributed by atoms with E-state index in [1.807, 2.05) is 0 Å². The van der Waals surface area contributed by atoms with Crippen molar-refractivity contribution in [1.29, 1.82) is 0 Å². The zero-order chi connectivity index (χ0) is 20.3. The number of fused-ring (bicyclic) bond motifs is 1. The number of hydrogen-bond acceptors (Lipinski definition) is 7. The first-order chi connectivity index (χ1) is 13.2. The standard InChI is InChI=1S/C18H21N3O6S/c1-11(17(23)19-12-8-9-28(25,26)10-12)27-16(22)7-6-15-20-14-5-3-2-4-13(14)18(24)21-15/h2-5,11-12H,6-10H2,1H3,(H,19,23)(H,20,21,24)/t11-,12-/m0/s1. The Morgan fingerprint density at radius 1 is 1.36 bits per heavy atom. The molecule has 150 valence electrons. The number of hydrogen-bond donors (Lipinski definition) is 2. The molecule has 0 radical (unpaired) electrons. The van der Waals surface area contributed by atoms with E-state index in [1.54, 1.807) is 24.3 Å². The molecule has 1 aromatic carbocycles. The van der Waals surface area contributed by atoms with Crippen molar-refractivity contribution in [3.8, 4) is 0 Å². The van der Waals surface area contributed by atoms with Gasteiger partial charge in [-0.3, -0.25) is 14.4 Å². The predicted molar refractivity (Wildman–Crippen MR) is 101 cm³/mol. The van der Waals surface area contributed by atoms with Crippen molar-refractivity contribution in [3.05, 3.63) is 40.4 Å². The molecule has 0 spiro atoms. The van der Waals surface area contributed by atoms with Gasteiger partial charge in [-0.05, 0) is 25.5 Å². The normalized spacial score (nSPS) is 19.2. The highest BCUT2D eigenvalue weighted by atomic mass is 32.2. The molecular weight excluding hydrogens is 386 g/mol. The molecule has 0 saturated carbocycles. The lowest BCUT2D eigenvalue weighted by molar-refractivity contribution is -0.155. The van der Waals surface area contributed by atoms with E-state index in [0.29, 0.717) is 23.1 Å². The summed E-state index contributed by atoms with van der Waals surface area (Å²) in [6, 6.07) is 6.43. The van der Waals surface area contributed by atoms with Crippen LogP contribution in [0.15, 0.2) is 29.1 Å². The van der Waals surface area contributed by atoms with Crippen molar-refractivity contribution < 1.29 is 22.7 Å². The van der Waals surface area contributed by atoms with Gasteiger partial charge in [-0.2, -0.15) is 0 Å². The van der Waals surface area contributed by atoms with Gasteiger partial charge in [0, 0.05) is 12.5 Å². The van der Waals surface area contributed by atoms with E-state index in [9.17, 15) is 22.8 Å². The summed E-state index contributed by atoms with van der Waals surface area (Å²) in [5.41, 5.74) is 0.252. The topological polar surface area (TPSA) is 135 Å². The zero-order valence-electron chi connectivity index (χ0n) is 15.3. The molecule has 0 unspecified atom stereocenters. The van der Waals surface area contributed by atoms with E-state index < -0.39 is 33.9 Å². The molecule has 2 heterocycles. The largest absolute Gasteiger partial charge is 0.453 e. The Hall–Kier alpha value is -2.75. The number of rotatable bonds is 6. The third-order valence-corrected chi connectivity index (χ3v) is 6.25. The molecule has 1 aliphatic rings. The molecule has 1 aromatic heterocycles. The third-order valence-electron chi connectivity index (χ3n) is 4.48. The molecule has 28 heavy (non-hydrogen) atoms. The number of ether oxygens (including phenoxy) is 1. The first kappa shape index (κ1) is 20.0. The van der Waals surface area contributed by atoms with Crippen LogP contribution in [0.3, 0.4) is 0 Å². The van der Waals surface area contributed by atoms with E-state index in [4.69, 9.17) is 4.74 Å². The summed E-state index contributed by atoms with van der Waals surface area (Å²) in [7, 11) is -3.11. The molecule has 2 N–H and O–H groups in total. The summed E-state index contributed by atoms with van der Waals surface area (Å²) in [5, 5.41) is 3.05. The number of carbonyl (C=O) groups is 2. The number of para-hydroxylation sites is 1. The molecule has 1 aliphatic heterocycles. The van der Waals surface area contributed by atoms with E-state index in [0.717, 1.165) is 0 Å². The van der Waals surface area contributed by atoms with Gasteiger partial charge in [0.05, 0.1) is 28.8 Å². The second kappa shape index (κ2) is 8.09. The minimum Gasteiger partial charge on any atom is -0.453 e. The monoisotopic (exact) mass is 407 g/mol. The van der Waals surface area contributed by atoms with Crippen LogP contribution in [0, 0.1) is 0 Å². The predicted octanol–water partition coefficient (Wildman–Crippen LogP) is 0.0907. The number of amides is 1. The highest BCUT2D eigenvalue weighted by Gasteiger charge is 2.30. The molecule has 2 atom stereocenters. The molecule has 9 nitrogen and oxygen atoms in total. The highest BCUT2D eigenvalue weighted by Crippen LogP contribution is 2.12. The average Bonchev–Trinajstić information content (AvgIpc) is 2.98. The van der Waals surface area contributed by atoms with Gasteiger partial charge < -0.3 is 15.0 Å². The fourth-order valence-electron chi connectivity index (χ4n) is 3.01. The van der Waals surface area contributed by atoms with Gasteiger partial charge in [-0.1, -0.05) is 12.1 Å². The molecule has 1 fully saturated rings. The number of sulfone groups is 1. The van der Waals surface area contributed by atoms with Gasteiger partial charge in [0.25, 0.3) is 11.5 Å². The van der Waals surface area contributed by atoms with Gasteiger partial charge in [0.2, 0.25) is 0 Å². The van der Waals surface area contributed by atoms with Crippen LogP contribution in [-0.2, 0) is 30.6 Å². The molecular formula is C18H21N3O6S. The Labute approximate surface area is 161 Å². The van der Waals surface area contributed by atoms with Crippen molar-refractivity contribution in [3.63, 3.8) is 0 Å². The number of aryl methyl sites for hydroxylation is 1. The molecule has 1 saturated heterocycles. The molecule has 2 aromatic rings. The van der Waals surface area contributed by atoms with Crippen LogP contribution >= 0.6 is 0 Å².